The summed E-state index contributed by atoms with van der Waals surface area (Å²) < 4.78 is 29.8. The Morgan fingerprint density at radius 2 is 2.15 bits per heavy atom. The van der Waals surface area contributed by atoms with Crippen LogP contribution < -0.4 is 10.5 Å². The molecule has 0 aromatic heterocycles. The van der Waals surface area contributed by atoms with Gasteiger partial charge in [0, 0.05) is 19.2 Å². The molecule has 5 nitrogen and oxygen atoms in total. The van der Waals surface area contributed by atoms with Crippen LogP contribution in [0.4, 0.5) is 0 Å². The zero-order valence-corrected chi connectivity index (χ0v) is 8.93. The first-order valence-electron chi connectivity index (χ1n) is 4.29. The fourth-order valence-corrected chi connectivity index (χ4v) is 1.89. The van der Waals surface area contributed by atoms with Crippen molar-refractivity contribution in [1.29, 1.82) is 0 Å². The molecular formula is C7H18N2O3S. The van der Waals surface area contributed by atoms with Gasteiger partial charge in [-0.15, -0.1) is 0 Å². The van der Waals surface area contributed by atoms with Crippen LogP contribution in [0.2, 0.25) is 0 Å². The van der Waals surface area contributed by atoms with Gasteiger partial charge in [-0.1, -0.05) is 0 Å². The molecule has 0 aromatic rings. The van der Waals surface area contributed by atoms with E-state index < -0.39 is 10.0 Å². The standard InChI is InChI=1S/C7H18N2O3S/c1-3-12-4-5-13(10,11)9-7(2)6-8/h7,9H,3-6,8H2,1-2H3/t7-/m1/s1. The fourth-order valence-electron chi connectivity index (χ4n) is 0.727. The smallest absolute Gasteiger partial charge is 0.214 e. The van der Waals surface area contributed by atoms with E-state index in [0.717, 1.165) is 0 Å². The summed E-state index contributed by atoms with van der Waals surface area (Å²) in [6, 6.07) is -0.216. The molecule has 0 saturated heterocycles. The quantitative estimate of drug-likeness (QED) is 0.544. The molecule has 0 aliphatic heterocycles. The summed E-state index contributed by atoms with van der Waals surface area (Å²) in [5.41, 5.74) is 5.28. The van der Waals surface area contributed by atoms with E-state index in [1.54, 1.807) is 6.92 Å². The third-order valence-electron chi connectivity index (χ3n) is 1.43. The first-order valence-corrected chi connectivity index (χ1v) is 5.95. The number of nitrogens with two attached hydrogens (primary N) is 1. The Bertz CT molecular complexity index is 216. The summed E-state index contributed by atoms with van der Waals surface area (Å²) in [6.07, 6.45) is 0. The Balaban J connectivity index is 3.81. The molecule has 0 rings (SSSR count). The van der Waals surface area contributed by atoms with E-state index in [9.17, 15) is 8.42 Å². The van der Waals surface area contributed by atoms with Gasteiger partial charge in [0.15, 0.2) is 0 Å². The minimum absolute atomic E-state index is 0.00875. The van der Waals surface area contributed by atoms with E-state index >= 15 is 0 Å². The molecule has 0 heterocycles. The van der Waals surface area contributed by atoms with Crippen molar-refractivity contribution in [1.82, 2.24) is 4.72 Å². The summed E-state index contributed by atoms with van der Waals surface area (Å²) >= 11 is 0. The predicted molar refractivity (Wildman–Crippen MR) is 51.9 cm³/mol. The van der Waals surface area contributed by atoms with Crippen molar-refractivity contribution in [2.24, 2.45) is 5.73 Å². The van der Waals surface area contributed by atoms with Gasteiger partial charge in [0.05, 0.1) is 12.4 Å². The van der Waals surface area contributed by atoms with Gasteiger partial charge in [0.1, 0.15) is 0 Å². The van der Waals surface area contributed by atoms with Crippen LogP contribution in [0.15, 0.2) is 0 Å². The molecule has 0 aliphatic rings. The van der Waals surface area contributed by atoms with Crippen molar-refractivity contribution in [2.75, 3.05) is 25.5 Å². The zero-order chi connectivity index (χ0) is 10.3. The lowest BCUT2D eigenvalue weighted by Gasteiger charge is -2.11. The first-order chi connectivity index (χ1) is 6.02. The molecule has 0 aliphatic carbocycles. The van der Waals surface area contributed by atoms with Crippen LogP contribution >= 0.6 is 0 Å². The number of hydrogen-bond donors (Lipinski definition) is 2. The molecule has 0 unspecified atom stereocenters. The highest BCUT2D eigenvalue weighted by Crippen LogP contribution is 1.88. The molecular weight excluding hydrogens is 192 g/mol. The summed E-state index contributed by atoms with van der Waals surface area (Å²) in [4.78, 5) is 0. The van der Waals surface area contributed by atoms with Crippen LogP contribution in [0, 0.1) is 0 Å². The molecule has 3 N–H and O–H groups in total. The topological polar surface area (TPSA) is 81.4 Å². The van der Waals surface area contributed by atoms with E-state index in [2.05, 4.69) is 4.72 Å². The second kappa shape index (κ2) is 6.31. The van der Waals surface area contributed by atoms with E-state index in [1.807, 2.05) is 6.92 Å². The van der Waals surface area contributed by atoms with Crippen molar-refractivity contribution in [3.05, 3.63) is 0 Å². The van der Waals surface area contributed by atoms with E-state index in [0.29, 0.717) is 13.2 Å². The number of rotatable bonds is 7. The lowest BCUT2D eigenvalue weighted by atomic mass is 10.4. The van der Waals surface area contributed by atoms with E-state index in [-0.39, 0.29) is 18.4 Å². The third-order valence-corrected chi connectivity index (χ3v) is 2.90. The summed E-state index contributed by atoms with van der Waals surface area (Å²) in [5, 5.41) is 0. The lowest BCUT2D eigenvalue weighted by Crippen LogP contribution is -2.39. The highest BCUT2D eigenvalue weighted by molar-refractivity contribution is 7.89. The van der Waals surface area contributed by atoms with Crippen LogP contribution in [0.5, 0.6) is 0 Å². The maximum atomic E-state index is 11.2. The molecule has 0 spiro atoms. The average Bonchev–Trinajstić information content (AvgIpc) is 2.03. The van der Waals surface area contributed by atoms with Gasteiger partial charge >= 0.3 is 0 Å². The van der Waals surface area contributed by atoms with Gasteiger partial charge in [-0.25, -0.2) is 13.1 Å². The molecule has 13 heavy (non-hydrogen) atoms. The van der Waals surface area contributed by atoms with Crippen molar-refractivity contribution >= 4 is 10.0 Å². The number of ether oxygens (including phenoxy) is 1. The second-order valence-corrected chi connectivity index (χ2v) is 4.64. The Morgan fingerprint density at radius 3 is 2.62 bits per heavy atom. The van der Waals surface area contributed by atoms with E-state index in [1.165, 1.54) is 0 Å². The predicted octanol–water partition coefficient (Wildman–Crippen LogP) is -0.710. The molecule has 1 atom stereocenters. The van der Waals surface area contributed by atoms with Crippen molar-refractivity contribution in [2.45, 2.75) is 19.9 Å². The van der Waals surface area contributed by atoms with Gasteiger partial charge in [-0.05, 0) is 13.8 Å². The van der Waals surface area contributed by atoms with Crippen molar-refractivity contribution < 1.29 is 13.2 Å². The number of hydrogen-bond acceptors (Lipinski definition) is 4. The minimum atomic E-state index is -3.22. The second-order valence-electron chi connectivity index (χ2n) is 2.77. The van der Waals surface area contributed by atoms with Gasteiger partial charge < -0.3 is 10.5 Å². The van der Waals surface area contributed by atoms with Crippen LogP contribution in [-0.4, -0.2) is 40.0 Å². The summed E-state index contributed by atoms with van der Waals surface area (Å²) in [7, 11) is -3.22. The molecule has 0 fully saturated rings. The van der Waals surface area contributed by atoms with E-state index in [4.69, 9.17) is 10.5 Å². The number of sulfonamides is 1. The van der Waals surface area contributed by atoms with Crippen LogP contribution in [-0.2, 0) is 14.8 Å². The molecule has 80 valence electrons. The maximum Gasteiger partial charge on any atom is 0.214 e. The Morgan fingerprint density at radius 1 is 1.54 bits per heavy atom. The zero-order valence-electron chi connectivity index (χ0n) is 8.12. The molecule has 0 amide bonds. The van der Waals surface area contributed by atoms with Crippen LogP contribution in [0.25, 0.3) is 0 Å². The normalized spacial score (nSPS) is 14.4. The van der Waals surface area contributed by atoms with Crippen molar-refractivity contribution in [3.8, 4) is 0 Å². The summed E-state index contributed by atoms with van der Waals surface area (Å²) in [6.45, 7) is 4.60. The molecule has 0 saturated carbocycles. The average molecular weight is 210 g/mol. The Hall–Kier alpha value is -0.170. The Kier molecular flexibility index (Phi) is 6.23. The van der Waals surface area contributed by atoms with Gasteiger partial charge in [0.2, 0.25) is 10.0 Å². The molecule has 0 bridgehead atoms. The highest BCUT2D eigenvalue weighted by Gasteiger charge is 2.12. The Labute approximate surface area is 79.7 Å². The maximum absolute atomic E-state index is 11.2. The van der Waals surface area contributed by atoms with Crippen molar-refractivity contribution in [3.63, 3.8) is 0 Å². The third kappa shape index (κ3) is 6.94. The van der Waals surface area contributed by atoms with Gasteiger partial charge in [-0.2, -0.15) is 0 Å². The molecule has 6 heteroatoms. The largest absolute Gasteiger partial charge is 0.381 e. The minimum Gasteiger partial charge on any atom is -0.381 e. The summed E-state index contributed by atoms with van der Waals surface area (Å²) in [5.74, 6) is -0.00875. The van der Waals surface area contributed by atoms with Gasteiger partial charge in [-0.3, -0.25) is 0 Å². The van der Waals surface area contributed by atoms with Crippen LogP contribution in [0.3, 0.4) is 0 Å². The fraction of sp³-hybridized carbons (Fsp3) is 1.00. The highest BCUT2D eigenvalue weighted by atomic mass is 32.2. The van der Waals surface area contributed by atoms with Gasteiger partial charge in [0.25, 0.3) is 0 Å². The molecule has 0 radical (unpaired) electrons. The monoisotopic (exact) mass is 210 g/mol. The lowest BCUT2D eigenvalue weighted by molar-refractivity contribution is 0.163. The molecule has 0 aromatic carbocycles. The SMILES string of the molecule is CCOCCS(=O)(=O)N[C@H](C)CN. The van der Waals surface area contributed by atoms with Crippen LogP contribution in [0.1, 0.15) is 13.8 Å². The first kappa shape index (κ1) is 12.8. The number of nitrogens with one attached hydrogen (secondary N) is 1.